The van der Waals surface area contributed by atoms with Crippen molar-refractivity contribution in [1.82, 2.24) is 5.32 Å². The van der Waals surface area contributed by atoms with E-state index in [-0.39, 0.29) is 17.7 Å². The average molecular weight is 260 g/mol. The van der Waals surface area contributed by atoms with Gasteiger partial charge in [0.25, 0.3) is 5.91 Å². The van der Waals surface area contributed by atoms with Crippen molar-refractivity contribution in [3.05, 3.63) is 29.8 Å². The van der Waals surface area contributed by atoms with Crippen molar-refractivity contribution >= 4 is 17.5 Å². The first-order chi connectivity index (χ1) is 9.20. The van der Waals surface area contributed by atoms with Crippen molar-refractivity contribution in [2.75, 3.05) is 11.9 Å². The van der Waals surface area contributed by atoms with Gasteiger partial charge in [0.1, 0.15) is 0 Å². The molecular weight excluding hydrogens is 240 g/mol. The molecule has 0 radical (unpaired) electrons. The molecule has 0 saturated heterocycles. The summed E-state index contributed by atoms with van der Waals surface area (Å²) in [6, 6.07) is 7.08. The first-order valence-corrected chi connectivity index (χ1v) is 6.90. The zero-order valence-electron chi connectivity index (χ0n) is 11.2. The van der Waals surface area contributed by atoms with Crippen molar-refractivity contribution in [3.63, 3.8) is 0 Å². The van der Waals surface area contributed by atoms with E-state index in [2.05, 4.69) is 10.6 Å². The topological polar surface area (TPSA) is 58.2 Å². The summed E-state index contributed by atoms with van der Waals surface area (Å²) < 4.78 is 0. The fourth-order valence-corrected chi connectivity index (χ4v) is 1.99. The van der Waals surface area contributed by atoms with Gasteiger partial charge in [-0.05, 0) is 37.5 Å². The van der Waals surface area contributed by atoms with Crippen molar-refractivity contribution in [2.45, 2.75) is 32.6 Å². The number of nitrogens with one attached hydrogen (secondary N) is 2. The minimum atomic E-state index is -0.0957. The Morgan fingerprint density at radius 1 is 1.32 bits per heavy atom. The lowest BCUT2D eigenvalue weighted by molar-refractivity contribution is -0.122. The second-order valence-corrected chi connectivity index (χ2v) is 4.95. The fraction of sp³-hybridized carbons (Fsp3) is 0.467. The first kappa shape index (κ1) is 13.6. The highest BCUT2D eigenvalue weighted by Crippen LogP contribution is 2.27. The van der Waals surface area contributed by atoms with Crippen molar-refractivity contribution in [1.29, 1.82) is 0 Å². The van der Waals surface area contributed by atoms with E-state index in [4.69, 9.17) is 0 Å². The lowest BCUT2D eigenvalue weighted by Crippen LogP contribution is -2.28. The van der Waals surface area contributed by atoms with Crippen LogP contribution in [0.15, 0.2) is 24.3 Å². The Kier molecular flexibility index (Phi) is 4.55. The van der Waals surface area contributed by atoms with E-state index in [1.807, 2.05) is 13.0 Å². The van der Waals surface area contributed by atoms with Gasteiger partial charge in [-0.3, -0.25) is 9.59 Å². The van der Waals surface area contributed by atoms with Crippen LogP contribution in [0.5, 0.6) is 0 Å². The standard InChI is InChI=1S/C15H20N2O2/c1-2-9-16-14(18)12-7-4-8-13(10-12)17-15(19)11-5-3-6-11/h4,7-8,10-11H,2-3,5-6,9H2,1H3,(H,16,18)(H,17,19). The molecule has 1 saturated carbocycles. The summed E-state index contributed by atoms with van der Waals surface area (Å²) in [5.74, 6) is 0.122. The summed E-state index contributed by atoms with van der Waals surface area (Å²) in [6.45, 7) is 2.67. The molecule has 2 amide bonds. The number of rotatable bonds is 5. The minimum Gasteiger partial charge on any atom is -0.352 e. The largest absolute Gasteiger partial charge is 0.352 e. The van der Waals surface area contributed by atoms with Crippen LogP contribution in [-0.2, 0) is 4.79 Å². The maximum atomic E-state index is 11.8. The molecule has 1 aliphatic carbocycles. The smallest absolute Gasteiger partial charge is 0.251 e. The second-order valence-electron chi connectivity index (χ2n) is 4.95. The molecule has 1 fully saturated rings. The number of carbonyl (C=O) groups is 2. The SMILES string of the molecule is CCCNC(=O)c1cccc(NC(=O)C2CCC2)c1. The molecule has 1 aliphatic rings. The third kappa shape index (κ3) is 3.56. The van der Waals surface area contributed by atoms with Gasteiger partial charge in [-0.1, -0.05) is 19.4 Å². The van der Waals surface area contributed by atoms with Crippen LogP contribution < -0.4 is 10.6 Å². The van der Waals surface area contributed by atoms with Gasteiger partial charge >= 0.3 is 0 Å². The van der Waals surface area contributed by atoms with Crippen molar-refractivity contribution in [3.8, 4) is 0 Å². The van der Waals surface area contributed by atoms with Gasteiger partial charge in [-0.2, -0.15) is 0 Å². The van der Waals surface area contributed by atoms with Gasteiger partial charge in [0, 0.05) is 23.7 Å². The summed E-state index contributed by atoms with van der Waals surface area (Å²) in [5, 5.41) is 5.70. The van der Waals surface area contributed by atoms with E-state index >= 15 is 0 Å². The number of benzene rings is 1. The average Bonchev–Trinajstić information content (AvgIpc) is 2.34. The molecule has 4 nitrogen and oxygen atoms in total. The van der Waals surface area contributed by atoms with E-state index in [0.717, 1.165) is 25.7 Å². The minimum absolute atomic E-state index is 0.0670. The summed E-state index contributed by atoms with van der Waals surface area (Å²) in [6.07, 6.45) is 3.99. The molecule has 2 rings (SSSR count). The number of amides is 2. The molecule has 1 aromatic carbocycles. The highest BCUT2D eigenvalue weighted by molar-refractivity contribution is 5.97. The molecule has 2 N–H and O–H groups in total. The van der Waals surface area contributed by atoms with Crippen LogP contribution in [0.2, 0.25) is 0 Å². The molecule has 1 aromatic rings. The van der Waals surface area contributed by atoms with Crippen LogP contribution in [0.1, 0.15) is 43.0 Å². The predicted molar refractivity (Wildman–Crippen MR) is 75.0 cm³/mol. The van der Waals surface area contributed by atoms with E-state index in [1.165, 1.54) is 0 Å². The molecule has 102 valence electrons. The monoisotopic (exact) mass is 260 g/mol. The molecule has 0 unspecified atom stereocenters. The van der Waals surface area contributed by atoms with E-state index < -0.39 is 0 Å². The Hall–Kier alpha value is -1.84. The Labute approximate surface area is 113 Å². The third-order valence-electron chi connectivity index (χ3n) is 3.40. The summed E-state index contributed by atoms with van der Waals surface area (Å²) in [7, 11) is 0. The normalized spacial score (nSPS) is 14.6. The van der Waals surface area contributed by atoms with Crippen molar-refractivity contribution in [2.24, 2.45) is 5.92 Å². The third-order valence-corrected chi connectivity index (χ3v) is 3.40. The van der Waals surface area contributed by atoms with Crippen LogP contribution in [0.25, 0.3) is 0 Å². The number of hydrogen-bond acceptors (Lipinski definition) is 2. The van der Waals surface area contributed by atoms with Crippen LogP contribution in [0.3, 0.4) is 0 Å². The molecule has 0 aliphatic heterocycles. The van der Waals surface area contributed by atoms with Gasteiger partial charge in [0.2, 0.25) is 5.91 Å². The lowest BCUT2D eigenvalue weighted by atomic mass is 9.85. The fourth-order valence-electron chi connectivity index (χ4n) is 1.99. The molecule has 19 heavy (non-hydrogen) atoms. The van der Waals surface area contributed by atoms with Crippen LogP contribution in [0.4, 0.5) is 5.69 Å². The van der Waals surface area contributed by atoms with E-state index in [1.54, 1.807) is 18.2 Å². The lowest BCUT2D eigenvalue weighted by Gasteiger charge is -2.24. The molecule has 0 bridgehead atoms. The molecular formula is C15H20N2O2. The second kappa shape index (κ2) is 6.36. The number of carbonyl (C=O) groups excluding carboxylic acids is 2. The zero-order valence-corrected chi connectivity index (χ0v) is 11.2. The van der Waals surface area contributed by atoms with Gasteiger partial charge in [-0.15, -0.1) is 0 Å². The predicted octanol–water partition coefficient (Wildman–Crippen LogP) is 2.57. The maximum Gasteiger partial charge on any atom is 0.251 e. The molecule has 0 spiro atoms. The highest BCUT2D eigenvalue weighted by Gasteiger charge is 2.25. The Morgan fingerprint density at radius 2 is 2.11 bits per heavy atom. The first-order valence-electron chi connectivity index (χ1n) is 6.90. The number of anilines is 1. The van der Waals surface area contributed by atoms with Crippen molar-refractivity contribution < 1.29 is 9.59 Å². The Morgan fingerprint density at radius 3 is 2.74 bits per heavy atom. The molecule has 4 heteroatoms. The maximum absolute atomic E-state index is 11.8. The van der Waals surface area contributed by atoms with Crippen LogP contribution >= 0.6 is 0 Å². The molecule has 0 atom stereocenters. The van der Waals surface area contributed by atoms with Gasteiger partial charge in [0.05, 0.1) is 0 Å². The summed E-state index contributed by atoms with van der Waals surface area (Å²) in [4.78, 5) is 23.7. The van der Waals surface area contributed by atoms with E-state index in [0.29, 0.717) is 17.8 Å². The Balaban J connectivity index is 1.97. The quantitative estimate of drug-likeness (QED) is 0.854. The summed E-state index contributed by atoms with van der Waals surface area (Å²) >= 11 is 0. The van der Waals surface area contributed by atoms with E-state index in [9.17, 15) is 9.59 Å². The molecule has 0 aromatic heterocycles. The summed E-state index contributed by atoms with van der Waals surface area (Å²) in [5.41, 5.74) is 1.28. The molecule has 0 heterocycles. The van der Waals surface area contributed by atoms with Gasteiger partial charge in [0.15, 0.2) is 0 Å². The Bertz CT molecular complexity index is 467. The van der Waals surface area contributed by atoms with Gasteiger partial charge in [-0.25, -0.2) is 0 Å². The van der Waals surface area contributed by atoms with Crippen LogP contribution in [-0.4, -0.2) is 18.4 Å². The number of hydrogen-bond donors (Lipinski definition) is 2. The van der Waals surface area contributed by atoms with Crippen LogP contribution in [0, 0.1) is 5.92 Å². The highest BCUT2D eigenvalue weighted by atomic mass is 16.2. The van der Waals surface area contributed by atoms with Gasteiger partial charge < -0.3 is 10.6 Å². The zero-order chi connectivity index (χ0) is 13.7.